The predicted octanol–water partition coefficient (Wildman–Crippen LogP) is 1.91. The highest BCUT2D eigenvalue weighted by Gasteiger charge is 2.39. The van der Waals surface area contributed by atoms with E-state index >= 15 is 0 Å². The zero-order valence-corrected chi connectivity index (χ0v) is 17.8. The number of hydrogen-bond donors (Lipinski definition) is 0. The van der Waals surface area contributed by atoms with E-state index in [4.69, 9.17) is 0 Å². The molecule has 1 unspecified atom stereocenters. The SMILES string of the molecule is O=S1(=O)CC(N2CCSCC2)CN1Cc1cn(Cc2ccc(C(F)(F)F)cc2)nn1. The van der Waals surface area contributed by atoms with Gasteiger partial charge in [0.1, 0.15) is 0 Å². The number of aromatic nitrogens is 3. The fourth-order valence-corrected chi connectivity index (χ4v) is 6.40. The first-order valence-electron chi connectivity index (χ1n) is 9.55. The third-order valence-electron chi connectivity index (χ3n) is 5.32. The molecule has 164 valence electrons. The van der Waals surface area contributed by atoms with Crippen LogP contribution in [0.3, 0.4) is 0 Å². The summed E-state index contributed by atoms with van der Waals surface area (Å²) >= 11 is 1.88. The van der Waals surface area contributed by atoms with Crippen LogP contribution < -0.4 is 0 Å². The van der Waals surface area contributed by atoms with Crippen molar-refractivity contribution >= 4 is 21.8 Å². The van der Waals surface area contributed by atoms with E-state index in [2.05, 4.69) is 15.2 Å². The van der Waals surface area contributed by atoms with E-state index in [1.54, 1.807) is 6.20 Å². The zero-order chi connectivity index (χ0) is 21.4. The van der Waals surface area contributed by atoms with Crippen molar-refractivity contribution in [1.82, 2.24) is 24.2 Å². The molecule has 2 aliphatic rings. The molecule has 0 aliphatic carbocycles. The molecule has 0 radical (unpaired) electrons. The average Bonchev–Trinajstić information content (AvgIpc) is 3.26. The molecule has 2 saturated heterocycles. The highest BCUT2D eigenvalue weighted by molar-refractivity contribution is 7.99. The van der Waals surface area contributed by atoms with E-state index in [0.717, 1.165) is 36.7 Å². The lowest BCUT2D eigenvalue weighted by Crippen LogP contribution is -2.43. The summed E-state index contributed by atoms with van der Waals surface area (Å²) in [5.74, 6) is 2.17. The van der Waals surface area contributed by atoms with Gasteiger partial charge in [-0.05, 0) is 17.7 Å². The van der Waals surface area contributed by atoms with Gasteiger partial charge in [0.05, 0.1) is 36.3 Å². The standard InChI is InChI=1S/C18H22F3N5O2S2/c19-18(20,21)15-3-1-14(2-4-15)9-25-10-16(22-23-25)11-26-12-17(13-30(26,27)28)24-5-7-29-8-6-24/h1-4,10,17H,5-9,11-13H2. The van der Waals surface area contributed by atoms with Gasteiger partial charge >= 0.3 is 6.18 Å². The lowest BCUT2D eigenvalue weighted by Gasteiger charge is -2.30. The van der Waals surface area contributed by atoms with E-state index < -0.39 is 21.8 Å². The Labute approximate surface area is 177 Å². The van der Waals surface area contributed by atoms with E-state index in [1.165, 1.54) is 21.1 Å². The number of nitrogens with zero attached hydrogens (tertiary/aromatic N) is 5. The Kier molecular flexibility index (Phi) is 6.11. The summed E-state index contributed by atoms with van der Waals surface area (Å²) < 4.78 is 66.1. The summed E-state index contributed by atoms with van der Waals surface area (Å²) in [6.07, 6.45) is -2.73. The fraction of sp³-hybridized carbons (Fsp3) is 0.556. The number of hydrogen-bond acceptors (Lipinski definition) is 6. The van der Waals surface area contributed by atoms with Gasteiger partial charge in [-0.2, -0.15) is 29.2 Å². The van der Waals surface area contributed by atoms with Crippen LogP contribution in [0.5, 0.6) is 0 Å². The lowest BCUT2D eigenvalue weighted by atomic mass is 10.1. The third-order valence-corrected chi connectivity index (χ3v) is 8.14. The summed E-state index contributed by atoms with van der Waals surface area (Å²) in [6.45, 7) is 2.66. The highest BCUT2D eigenvalue weighted by Crippen LogP contribution is 2.29. The van der Waals surface area contributed by atoms with Crippen molar-refractivity contribution in [3.05, 3.63) is 47.3 Å². The lowest BCUT2D eigenvalue weighted by molar-refractivity contribution is -0.137. The molecule has 0 spiro atoms. The summed E-state index contributed by atoms with van der Waals surface area (Å²) in [4.78, 5) is 2.25. The number of alkyl halides is 3. The van der Waals surface area contributed by atoms with Gasteiger partial charge in [-0.15, -0.1) is 5.10 Å². The van der Waals surface area contributed by atoms with Crippen LogP contribution in [0.25, 0.3) is 0 Å². The summed E-state index contributed by atoms with van der Waals surface area (Å²) in [5.41, 5.74) is 0.461. The van der Waals surface area contributed by atoms with Crippen molar-refractivity contribution in [1.29, 1.82) is 0 Å². The number of sulfonamides is 1. The Morgan fingerprint density at radius 1 is 1.10 bits per heavy atom. The molecule has 0 amide bonds. The van der Waals surface area contributed by atoms with Crippen LogP contribution in [0, 0.1) is 0 Å². The number of halogens is 3. The molecule has 0 bridgehead atoms. The first kappa shape index (κ1) is 21.6. The Hall–Kier alpha value is -1.63. The second-order valence-electron chi connectivity index (χ2n) is 7.48. The maximum atomic E-state index is 12.7. The topological polar surface area (TPSA) is 71.3 Å². The average molecular weight is 462 g/mol. The molecule has 4 rings (SSSR count). The van der Waals surface area contributed by atoms with Crippen molar-refractivity contribution in [2.45, 2.75) is 25.3 Å². The van der Waals surface area contributed by atoms with Gasteiger partial charge in [0.2, 0.25) is 10.0 Å². The van der Waals surface area contributed by atoms with Crippen LogP contribution >= 0.6 is 11.8 Å². The van der Waals surface area contributed by atoms with E-state index in [1.807, 2.05) is 11.8 Å². The third kappa shape index (κ3) is 4.98. The minimum atomic E-state index is -4.37. The molecule has 3 heterocycles. The summed E-state index contributed by atoms with van der Waals surface area (Å²) in [6, 6.07) is 4.86. The molecule has 12 heteroatoms. The molecule has 1 atom stereocenters. The van der Waals surface area contributed by atoms with Crippen molar-refractivity contribution in [3.63, 3.8) is 0 Å². The Morgan fingerprint density at radius 3 is 2.47 bits per heavy atom. The number of benzene rings is 1. The van der Waals surface area contributed by atoms with Crippen LogP contribution in [0.4, 0.5) is 13.2 Å². The normalized spacial score (nSPS) is 23.1. The van der Waals surface area contributed by atoms with Gasteiger partial charge < -0.3 is 0 Å². The molecular weight excluding hydrogens is 439 g/mol. The van der Waals surface area contributed by atoms with Crippen LogP contribution in [0.15, 0.2) is 30.5 Å². The second kappa shape index (κ2) is 8.48. The molecule has 0 N–H and O–H groups in total. The van der Waals surface area contributed by atoms with Gasteiger partial charge in [-0.25, -0.2) is 13.1 Å². The van der Waals surface area contributed by atoms with Crippen molar-refractivity contribution in [2.75, 3.05) is 36.9 Å². The minimum Gasteiger partial charge on any atom is -0.296 e. The smallest absolute Gasteiger partial charge is 0.296 e. The number of thioether (sulfide) groups is 1. The van der Waals surface area contributed by atoms with E-state index in [-0.39, 0.29) is 24.9 Å². The van der Waals surface area contributed by atoms with Crippen molar-refractivity contribution in [3.8, 4) is 0 Å². The van der Waals surface area contributed by atoms with Crippen LogP contribution in [0.1, 0.15) is 16.8 Å². The molecule has 2 aliphatic heterocycles. The van der Waals surface area contributed by atoms with Crippen LogP contribution in [-0.4, -0.2) is 75.6 Å². The number of rotatable bonds is 5. The molecule has 2 fully saturated rings. The summed E-state index contributed by atoms with van der Waals surface area (Å²) in [7, 11) is -3.35. The quantitative estimate of drug-likeness (QED) is 0.678. The van der Waals surface area contributed by atoms with Gasteiger partial charge in [0.15, 0.2) is 0 Å². The molecule has 2 aromatic rings. The Balaban J connectivity index is 1.38. The van der Waals surface area contributed by atoms with Gasteiger partial charge in [0, 0.05) is 37.2 Å². The summed E-state index contributed by atoms with van der Waals surface area (Å²) in [5, 5.41) is 8.04. The van der Waals surface area contributed by atoms with Crippen molar-refractivity contribution in [2.24, 2.45) is 0 Å². The van der Waals surface area contributed by atoms with Crippen LogP contribution in [-0.2, 0) is 29.3 Å². The highest BCUT2D eigenvalue weighted by atomic mass is 32.2. The van der Waals surface area contributed by atoms with Gasteiger partial charge in [-0.3, -0.25) is 4.90 Å². The maximum absolute atomic E-state index is 12.7. The Bertz CT molecular complexity index is 972. The van der Waals surface area contributed by atoms with Crippen molar-refractivity contribution < 1.29 is 21.6 Å². The monoisotopic (exact) mass is 461 g/mol. The van der Waals surface area contributed by atoms with E-state index in [0.29, 0.717) is 17.8 Å². The largest absolute Gasteiger partial charge is 0.416 e. The fourth-order valence-electron chi connectivity index (χ4n) is 3.73. The molecule has 1 aromatic carbocycles. The molecule has 30 heavy (non-hydrogen) atoms. The van der Waals surface area contributed by atoms with E-state index in [9.17, 15) is 21.6 Å². The van der Waals surface area contributed by atoms with Gasteiger partial charge in [-0.1, -0.05) is 17.3 Å². The molecular formula is C18H22F3N5O2S2. The molecule has 7 nitrogen and oxygen atoms in total. The van der Waals surface area contributed by atoms with Crippen LogP contribution in [0.2, 0.25) is 0 Å². The second-order valence-corrected chi connectivity index (χ2v) is 10.7. The zero-order valence-electron chi connectivity index (χ0n) is 16.1. The molecule has 0 saturated carbocycles. The predicted molar refractivity (Wildman–Crippen MR) is 107 cm³/mol. The Morgan fingerprint density at radius 2 is 1.80 bits per heavy atom. The first-order chi connectivity index (χ1) is 14.2. The first-order valence-corrected chi connectivity index (χ1v) is 12.3. The molecule has 1 aromatic heterocycles. The maximum Gasteiger partial charge on any atom is 0.416 e. The minimum absolute atomic E-state index is 0.00177. The van der Waals surface area contributed by atoms with Gasteiger partial charge in [0.25, 0.3) is 0 Å².